The number of ether oxygens (including phenoxy) is 1. The van der Waals surface area contributed by atoms with Gasteiger partial charge in [0.15, 0.2) is 5.96 Å². The summed E-state index contributed by atoms with van der Waals surface area (Å²) in [5, 5.41) is 3.41. The zero-order valence-electron chi connectivity index (χ0n) is 16.2. The number of rotatable bonds is 5. The fourth-order valence-corrected chi connectivity index (χ4v) is 3.61. The average molecular weight is 373 g/mol. The van der Waals surface area contributed by atoms with Crippen molar-refractivity contribution in [2.24, 2.45) is 10.9 Å². The fourth-order valence-electron chi connectivity index (χ4n) is 3.61. The molecule has 3 rings (SSSR count). The molecule has 1 N–H and O–H groups in total. The Balaban J connectivity index is 1.64. The summed E-state index contributed by atoms with van der Waals surface area (Å²) >= 11 is 0. The van der Waals surface area contributed by atoms with Crippen LogP contribution < -0.4 is 5.32 Å². The molecule has 0 saturated carbocycles. The molecule has 1 saturated heterocycles. The molecule has 2 heterocycles. The minimum absolute atomic E-state index is 0.238. The van der Waals surface area contributed by atoms with Gasteiger partial charge in [-0.2, -0.15) is 0 Å². The van der Waals surface area contributed by atoms with Crippen LogP contribution >= 0.6 is 0 Å². The van der Waals surface area contributed by atoms with Crippen LogP contribution in [0.25, 0.3) is 0 Å². The number of hydrogen-bond acceptors (Lipinski definition) is 3. The second-order valence-corrected chi connectivity index (χ2v) is 7.05. The van der Waals surface area contributed by atoms with Crippen LogP contribution in [0.1, 0.15) is 30.5 Å². The lowest BCUT2D eigenvalue weighted by Gasteiger charge is -2.39. The number of nitrogens with one attached hydrogen (secondary N) is 1. The second kappa shape index (κ2) is 8.99. The number of aromatic nitrogens is 2. The quantitative estimate of drug-likeness (QED) is 0.647. The molecule has 1 aliphatic heterocycles. The number of methoxy groups -OCH3 is 1. The van der Waals surface area contributed by atoms with Crippen LogP contribution in [0.2, 0.25) is 0 Å². The largest absolute Gasteiger partial charge is 0.380 e. The molecule has 0 spiro atoms. The molecule has 0 aliphatic carbocycles. The van der Waals surface area contributed by atoms with Gasteiger partial charge in [0.1, 0.15) is 5.82 Å². The first-order chi connectivity index (χ1) is 13.1. The molecule has 7 heteroatoms. The molecule has 6 nitrogen and oxygen atoms in total. The molecule has 1 fully saturated rings. The average Bonchev–Trinajstić information content (AvgIpc) is 3.20. The maximum absolute atomic E-state index is 13.8. The van der Waals surface area contributed by atoms with Crippen molar-refractivity contribution < 1.29 is 9.13 Å². The number of likely N-dealkylation sites (tertiary alicyclic amines) is 1. The molecule has 146 valence electrons. The SMILES string of the molecule is CN=C(NCc1ccc(F)c(COC)c1)N1CCC(C)C(n2ccnc2)C1. The Hall–Kier alpha value is -2.41. The smallest absolute Gasteiger partial charge is 0.193 e. The van der Waals surface area contributed by atoms with E-state index in [1.54, 1.807) is 20.2 Å². The number of piperidine rings is 1. The standard InChI is InChI=1S/C20H28FN5O/c1-15-6-8-25(12-19(15)26-9-7-23-14-26)20(22-2)24-11-16-4-5-18(21)17(10-16)13-27-3/h4-5,7,9-10,14-15,19H,6,8,11-13H2,1-3H3,(H,22,24). The van der Waals surface area contributed by atoms with Crippen LogP contribution in [-0.4, -0.2) is 47.7 Å². The van der Waals surface area contributed by atoms with Gasteiger partial charge in [-0.3, -0.25) is 4.99 Å². The Labute approximate surface area is 160 Å². The highest BCUT2D eigenvalue weighted by Crippen LogP contribution is 2.27. The molecule has 2 atom stereocenters. The van der Waals surface area contributed by atoms with Gasteiger partial charge in [-0.1, -0.05) is 13.0 Å². The summed E-state index contributed by atoms with van der Waals surface area (Å²) in [6.45, 7) is 4.99. The third-order valence-corrected chi connectivity index (χ3v) is 5.20. The molecule has 2 unspecified atom stereocenters. The van der Waals surface area contributed by atoms with Crippen LogP contribution in [0.4, 0.5) is 4.39 Å². The molecular weight excluding hydrogens is 345 g/mol. The zero-order valence-corrected chi connectivity index (χ0v) is 16.2. The molecule has 1 aliphatic rings. The van der Waals surface area contributed by atoms with Crippen molar-refractivity contribution in [1.29, 1.82) is 0 Å². The fraction of sp³-hybridized carbons (Fsp3) is 0.500. The summed E-state index contributed by atoms with van der Waals surface area (Å²) in [5.41, 5.74) is 1.57. The van der Waals surface area contributed by atoms with Gasteiger partial charge in [0.25, 0.3) is 0 Å². The van der Waals surface area contributed by atoms with Gasteiger partial charge in [0, 0.05) is 51.7 Å². The van der Waals surface area contributed by atoms with Crippen molar-refractivity contribution in [3.05, 3.63) is 53.9 Å². The van der Waals surface area contributed by atoms with E-state index in [9.17, 15) is 4.39 Å². The zero-order chi connectivity index (χ0) is 19.2. The summed E-state index contributed by atoms with van der Waals surface area (Å²) < 4.78 is 21.0. The minimum Gasteiger partial charge on any atom is -0.380 e. The number of hydrogen-bond donors (Lipinski definition) is 1. The highest BCUT2D eigenvalue weighted by atomic mass is 19.1. The number of guanidine groups is 1. The first-order valence-electron chi connectivity index (χ1n) is 9.31. The number of halogens is 1. The lowest BCUT2D eigenvalue weighted by Crippen LogP contribution is -2.48. The van der Waals surface area contributed by atoms with Crippen molar-refractivity contribution in [2.45, 2.75) is 32.5 Å². The van der Waals surface area contributed by atoms with E-state index in [4.69, 9.17) is 4.74 Å². The van der Waals surface area contributed by atoms with Gasteiger partial charge in [0.2, 0.25) is 0 Å². The van der Waals surface area contributed by atoms with Crippen molar-refractivity contribution in [2.75, 3.05) is 27.2 Å². The Kier molecular flexibility index (Phi) is 6.45. The van der Waals surface area contributed by atoms with Gasteiger partial charge in [-0.15, -0.1) is 0 Å². The normalized spacial score (nSPS) is 20.7. The van der Waals surface area contributed by atoms with Gasteiger partial charge < -0.3 is 19.5 Å². The van der Waals surface area contributed by atoms with Crippen LogP contribution in [-0.2, 0) is 17.9 Å². The number of aliphatic imine (C=N–C) groups is 1. The van der Waals surface area contributed by atoms with Crippen molar-refractivity contribution in [1.82, 2.24) is 19.8 Å². The Morgan fingerprint density at radius 1 is 1.44 bits per heavy atom. The minimum atomic E-state index is -0.238. The number of nitrogens with zero attached hydrogens (tertiary/aromatic N) is 4. The predicted molar refractivity (Wildman–Crippen MR) is 104 cm³/mol. The van der Waals surface area contributed by atoms with Crippen LogP contribution in [0, 0.1) is 11.7 Å². The van der Waals surface area contributed by atoms with Gasteiger partial charge in [-0.25, -0.2) is 9.37 Å². The monoisotopic (exact) mass is 373 g/mol. The number of imidazole rings is 1. The topological polar surface area (TPSA) is 54.7 Å². The van der Waals surface area contributed by atoms with Gasteiger partial charge in [-0.05, 0) is 30.0 Å². The van der Waals surface area contributed by atoms with E-state index >= 15 is 0 Å². The summed E-state index contributed by atoms with van der Waals surface area (Å²) in [7, 11) is 3.37. The highest BCUT2D eigenvalue weighted by Gasteiger charge is 2.28. The van der Waals surface area contributed by atoms with Crippen LogP contribution in [0.5, 0.6) is 0 Å². The Morgan fingerprint density at radius 2 is 2.30 bits per heavy atom. The molecule has 1 aromatic heterocycles. The highest BCUT2D eigenvalue weighted by molar-refractivity contribution is 5.80. The third-order valence-electron chi connectivity index (χ3n) is 5.20. The van der Waals surface area contributed by atoms with E-state index in [2.05, 4.69) is 31.7 Å². The first-order valence-corrected chi connectivity index (χ1v) is 9.31. The molecule has 0 bridgehead atoms. The predicted octanol–water partition coefficient (Wildman–Crippen LogP) is 2.83. The maximum Gasteiger partial charge on any atom is 0.193 e. The van der Waals surface area contributed by atoms with E-state index in [0.29, 0.717) is 24.1 Å². The van der Waals surface area contributed by atoms with E-state index in [-0.39, 0.29) is 12.4 Å². The van der Waals surface area contributed by atoms with Gasteiger partial charge >= 0.3 is 0 Å². The first kappa shape index (κ1) is 19.4. The van der Waals surface area contributed by atoms with Crippen molar-refractivity contribution >= 4 is 5.96 Å². The summed E-state index contributed by atoms with van der Waals surface area (Å²) in [5.74, 6) is 1.21. The molecule has 1 aromatic carbocycles. The molecular formula is C20H28FN5O. The third kappa shape index (κ3) is 4.66. The van der Waals surface area contributed by atoms with Crippen molar-refractivity contribution in [3.63, 3.8) is 0 Å². The lowest BCUT2D eigenvalue weighted by atomic mass is 9.93. The van der Waals surface area contributed by atoms with Crippen LogP contribution in [0.3, 0.4) is 0 Å². The van der Waals surface area contributed by atoms with E-state index < -0.39 is 0 Å². The summed E-state index contributed by atoms with van der Waals surface area (Å²) in [6.07, 6.45) is 6.83. The molecule has 0 radical (unpaired) electrons. The number of benzene rings is 1. The van der Waals surface area contributed by atoms with Crippen LogP contribution in [0.15, 0.2) is 41.9 Å². The van der Waals surface area contributed by atoms with E-state index in [1.807, 2.05) is 24.8 Å². The molecule has 2 aromatic rings. The second-order valence-electron chi connectivity index (χ2n) is 7.05. The molecule has 0 amide bonds. The maximum atomic E-state index is 13.8. The Bertz CT molecular complexity index is 762. The lowest BCUT2D eigenvalue weighted by molar-refractivity contribution is 0.181. The molecule has 27 heavy (non-hydrogen) atoms. The van der Waals surface area contributed by atoms with E-state index in [0.717, 1.165) is 31.0 Å². The van der Waals surface area contributed by atoms with E-state index in [1.165, 1.54) is 6.07 Å². The van der Waals surface area contributed by atoms with Crippen molar-refractivity contribution in [3.8, 4) is 0 Å². The summed E-state index contributed by atoms with van der Waals surface area (Å²) in [6, 6.07) is 5.50. The van der Waals surface area contributed by atoms with Gasteiger partial charge in [0.05, 0.1) is 19.0 Å². The summed E-state index contributed by atoms with van der Waals surface area (Å²) in [4.78, 5) is 10.9. The Morgan fingerprint density at radius 3 is 3.00 bits per heavy atom.